The van der Waals surface area contributed by atoms with Crippen molar-refractivity contribution in [3.63, 3.8) is 0 Å². The van der Waals surface area contributed by atoms with Crippen LogP contribution < -0.4 is 15.9 Å². The molecule has 0 spiro atoms. The first-order valence-corrected chi connectivity index (χ1v) is 4.45. The van der Waals surface area contributed by atoms with Crippen molar-refractivity contribution in [1.82, 2.24) is 5.43 Å². The third-order valence-corrected chi connectivity index (χ3v) is 1.55. The summed E-state index contributed by atoms with van der Waals surface area (Å²) in [6, 6.07) is 8.66. The maximum atomic E-state index is 10.3. The zero-order valence-corrected chi connectivity index (χ0v) is 8.43. The monoisotopic (exact) mass is 207 g/mol. The Morgan fingerprint density at radius 1 is 1.47 bits per heavy atom. The summed E-state index contributed by atoms with van der Waals surface area (Å²) in [5.74, 6) is 0.756. The molecule has 5 nitrogen and oxygen atoms in total. The van der Waals surface area contributed by atoms with Gasteiger partial charge in [-0.3, -0.25) is 0 Å². The topological polar surface area (TPSA) is 76.7 Å². The van der Waals surface area contributed by atoms with E-state index in [0.717, 1.165) is 5.75 Å². The second-order valence-electron chi connectivity index (χ2n) is 2.92. The standard InChI is InChI=1S/C10H13N3O2/c1-8(12-13-10(11)14)7-15-9-5-3-2-4-6-9/h2-6H,7H2,1H3,(H3,11,13,14)/b12-8+. The lowest BCUT2D eigenvalue weighted by Crippen LogP contribution is -2.26. The normalized spacial score (nSPS) is 10.9. The highest BCUT2D eigenvalue weighted by atomic mass is 16.5. The molecule has 0 bridgehead atoms. The number of hydrogen-bond donors (Lipinski definition) is 2. The maximum absolute atomic E-state index is 10.3. The van der Waals surface area contributed by atoms with Gasteiger partial charge in [-0.2, -0.15) is 5.10 Å². The van der Waals surface area contributed by atoms with Crippen LogP contribution in [0.25, 0.3) is 0 Å². The molecule has 3 N–H and O–H groups in total. The van der Waals surface area contributed by atoms with Gasteiger partial charge in [-0.15, -0.1) is 0 Å². The molecule has 5 heteroatoms. The number of rotatable bonds is 4. The van der Waals surface area contributed by atoms with Crippen molar-refractivity contribution < 1.29 is 9.53 Å². The molecule has 0 saturated heterocycles. The molecule has 0 unspecified atom stereocenters. The third-order valence-electron chi connectivity index (χ3n) is 1.55. The van der Waals surface area contributed by atoms with Gasteiger partial charge in [-0.05, 0) is 19.1 Å². The molecule has 0 atom stereocenters. The number of carbonyl (C=O) groups excluding carboxylic acids is 1. The smallest absolute Gasteiger partial charge is 0.332 e. The molecule has 80 valence electrons. The van der Waals surface area contributed by atoms with Crippen LogP contribution in [-0.4, -0.2) is 18.3 Å². The average Bonchev–Trinajstić information content (AvgIpc) is 2.25. The lowest BCUT2D eigenvalue weighted by atomic mass is 10.3. The summed E-state index contributed by atoms with van der Waals surface area (Å²) in [5, 5.41) is 3.71. The molecular formula is C10H13N3O2. The van der Waals surface area contributed by atoms with Crippen LogP contribution >= 0.6 is 0 Å². The number of ether oxygens (including phenoxy) is 1. The van der Waals surface area contributed by atoms with E-state index >= 15 is 0 Å². The van der Waals surface area contributed by atoms with E-state index in [9.17, 15) is 4.79 Å². The van der Waals surface area contributed by atoms with Crippen LogP contribution in [-0.2, 0) is 0 Å². The fourth-order valence-electron chi connectivity index (χ4n) is 0.887. The summed E-state index contributed by atoms with van der Waals surface area (Å²) in [6.45, 7) is 2.04. The van der Waals surface area contributed by atoms with E-state index in [1.807, 2.05) is 30.3 Å². The first kappa shape index (κ1) is 11.0. The van der Waals surface area contributed by atoms with Gasteiger partial charge in [0.05, 0.1) is 5.71 Å². The molecule has 2 amide bonds. The number of nitrogens with two attached hydrogens (primary N) is 1. The van der Waals surface area contributed by atoms with Gasteiger partial charge in [-0.1, -0.05) is 18.2 Å². The van der Waals surface area contributed by atoms with Gasteiger partial charge in [0.2, 0.25) is 0 Å². The van der Waals surface area contributed by atoms with E-state index in [1.54, 1.807) is 6.92 Å². The Balaban J connectivity index is 2.37. The number of primary amides is 1. The van der Waals surface area contributed by atoms with Gasteiger partial charge >= 0.3 is 6.03 Å². The molecule has 1 aromatic rings. The number of nitrogens with one attached hydrogen (secondary N) is 1. The molecule has 0 aromatic heterocycles. The summed E-state index contributed by atoms with van der Waals surface area (Å²) in [6.07, 6.45) is 0. The average molecular weight is 207 g/mol. The largest absolute Gasteiger partial charge is 0.488 e. The summed E-state index contributed by atoms with van der Waals surface area (Å²) in [5.41, 5.74) is 7.62. The molecule has 0 fully saturated rings. The molecule has 0 aliphatic heterocycles. The van der Waals surface area contributed by atoms with Gasteiger partial charge in [0.15, 0.2) is 0 Å². The molecular weight excluding hydrogens is 194 g/mol. The van der Waals surface area contributed by atoms with E-state index in [1.165, 1.54) is 0 Å². The lowest BCUT2D eigenvalue weighted by Gasteiger charge is -2.04. The third kappa shape index (κ3) is 4.66. The number of hydrazone groups is 1. The summed E-state index contributed by atoms with van der Waals surface area (Å²) >= 11 is 0. The highest BCUT2D eigenvalue weighted by molar-refractivity contribution is 5.84. The SMILES string of the molecule is C/C(COc1ccccc1)=N\NC(N)=O. The predicted molar refractivity (Wildman–Crippen MR) is 57.8 cm³/mol. The van der Waals surface area contributed by atoms with E-state index in [2.05, 4.69) is 10.5 Å². The van der Waals surface area contributed by atoms with E-state index in [-0.39, 0.29) is 0 Å². The number of carbonyl (C=O) groups is 1. The van der Waals surface area contributed by atoms with Gasteiger partial charge in [0.1, 0.15) is 12.4 Å². The number of benzene rings is 1. The van der Waals surface area contributed by atoms with Crippen molar-refractivity contribution in [1.29, 1.82) is 0 Å². The Morgan fingerprint density at radius 2 is 2.13 bits per heavy atom. The zero-order valence-electron chi connectivity index (χ0n) is 8.43. The number of nitrogens with zero attached hydrogens (tertiary/aromatic N) is 1. The Bertz CT molecular complexity index is 349. The van der Waals surface area contributed by atoms with Crippen LogP contribution in [0.3, 0.4) is 0 Å². The van der Waals surface area contributed by atoms with E-state index in [0.29, 0.717) is 12.3 Å². The van der Waals surface area contributed by atoms with Crippen LogP contribution in [0.15, 0.2) is 35.4 Å². The second-order valence-corrected chi connectivity index (χ2v) is 2.92. The number of hydrogen-bond acceptors (Lipinski definition) is 3. The van der Waals surface area contributed by atoms with Gasteiger partial charge < -0.3 is 10.5 Å². The van der Waals surface area contributed by atoms with Crippen LogP contribution in [0, 0.1) is 0 Å². The quantitative estimate of drug-likeness (QED) is 0.573. The van der Waals surface area contributed by atoms with E-state index < -0.39 is 6.03 Å². The summed E-state index contributed by atoms with van der Waals surface area (Å²) in [7, 11) is 0. The number of para-hydroxylation sites is 1. The molecule has 0 aliphatic carbocycles. The van der Waals surface area contributed by atoms with Crippen molar-refractivity contribution in [2.75, 3.05) is 6.61 Å². The predicted octanol–water partition coefficient (Wildman–Crippen LogP) is 1.11. The minimum atomic E-state index is -0.686. The van der Waals surface area contributed by atoms with E-state index in [4.69, 9.17) is 10.5 Å². The van der Waals surface area contributed by atoms with Crippen molar-refractivity contribution in [2.45, 2.75) is 6.92 Å². The highest BCUT2D eigenvalue weighted by Gasteiger charge is 1.95. The molecule has 0 heterocycles. The lowest BCUT2D eigenvalue weighted by molar-refractivity contribution is 0.249. The first-order chi connectivity index (χ1) is 7.18. The highest BCUT2D eigenvalue weighted by Crippen LogP contribution is 2.07. The Kier molecular flexibility index (Phi) is 4.15. The van der Waals surface area contributed by atoms with Crippen LogP contribution in [0.1, 0.15) is 6.92 Å². The molecule has 0 radical (unpaired) electrons. The Labute approximate surface area is 87.9 Å². The van der Waals surface area contributed by atoms with Crippen molar-refractivity contribution in [3.8, 4) is 5.75 Å². The minimum absolute atomic E-state index is 0.310. The van der Waals surface area contributed by atoms with Gasteiger partial charge in [-0.25, -0.2) is 10.2 Å². The van der Waals surface area contributed by atoms with Crippen LogP contribution in [0.2, 0.25) is 0 Å². The number of amides is 2. The van der Waals surface area contributed by atoms with Crippen LogP contribution in [0.4, 0.5) is 4.79 Å². The zero-order chi connectivity index (χ0) is 11.1. The summed E-state index contributed by atoms with van der Waals surface area (Å²) in [4.78, 5) is 10.3. The maximum Gasteiger partial charge on any atom is 0.332 e. The van der Waals surface area contributed by atoms with Gasteiger partial charge in [0, 0.05) is 0 Å². The summed E-state index contributed by atoms with van der Waals surface area (Å²) < 4.78 is 5.38. The molecule has 0 saturated carbocycles. The second kappa shape index (κ2) is 5.64. The molecule has 0 aliphatic rings. The van der Waals surface area contributed by atoms with Crippen molar-refractivity contribution >= 4 is 11.7 Å². The molecule has 15 heavy (non-hydrogen) atoms. The molecule has 1 aromatic carbocycles. The Hall–Kier alpha value is -2.04. The minimum Gasteiger partial charge on any atom is -0.488 e. The molecule has 1 rings (SSSR count). The van der Waals surface area contributed by atoms with Gasteiger partial charge in [0.25, 0.3) is 0 Å². The number of urea groups is 1. The first-order valence-electron chi connectivity index (χ1n) is 4.45. The van der Waals surface area contributed by atoms with Crippen molar-refractivity contribution in [3.05, 3.63) is 30.3 Å². The fraction of sp³-hybridized carbons (Fsp3) is 0.200. The van der Waals surface area contributed by atoms with Crippen LogP contribution in [0.5, 0.6) is 5.75 Å². The van der Waals surface area contributed by atoms with Crippen molar-refractivity contribution in [2.24, 2.45) is 10.8 Å². The Morgan fingerprint density at radius 3 is 2.73 bits per heavy atom. The fourth-order valence-corrected chi connectivity index (χ4v) is 0.887.